The molecule has 10 heteroatoms. The fraction of sp³-hybridized carbons (Fsp3) is 0.438. The van der Waals surface area contributed by atoms with Crippen molar-refractivity contribution in [3.8, 4) is 5.75 Å². The van der Waals surface area contributed by atoms with Gasteiger partial charge in [0.25, 0.3) is 0 Å². The summed E-state index contributed by atoms with van der Waals surface area (Å²) in [5.41, 5.74) is 0.615. The lowest BCUT2D eigenvalue weighted by Gasteiger charge is -2.33. The topological polar surface area (TPSA) is 106 Å². The number of benzene rings is 1. The van der Waals surface area contributed by atoms with Crippen LogP contribution in [0.3, 0.4) is 0 Å². The molecule has 0 radical (unpaired) electrons. The highest BCUT2D eigenvalue weighted by molar-refractivity contribution is 7.89. The van der Waals surface area contributed by atoms with Crippen LogP contribution in [-0.4, -0.2) is 67.0 Å². The van der Waals surface area contributed by atoms with Crippen LogP contribution < -0.4 is 4.74 Å². The molecule has 2 aromatic rings. The van der Waals surface area contributed by atoms with Crippen LogP contribution in [-0.2, 0) is 10.0 Å². The Bertz CT molecular complexity index is 916. The molecule has 1 aromatic carbocycles. The second-order valence-corrected chi connectivity index (χ2v) is 7.86. The van der Waals surface area contributed by atoms with Crippen LogP contribution in [0.1, 0.15) is 22.1 Å². The standard InChI is InChI=1S/C16H20N4O5S/c1-11-10-13(24-3)4-5-14(11)26(22,23)20-8-6-19(7-9-20)16(21)15-18-17-12(2)25-15/h4-5,10H,6-9H2,1-3H3. The van der Waals surface area contributed by atoms with E-state index in [9.17, 15) is 13.2 Å². The number of carbonyl (C=O) groups is 1. The summed E-state index contributed by atoms with van der Waals surface area (Å²) in [6, 6.07) is 4.85. The zero-order valence-electron chi connectivity index (χ0n) is 14.8. The summed E-state index contributed by atoms with van der Waals surface area (Å²) in [6.45, 7) is 4.25. The lowest BCUT2D eigenvalue weighted by molar-refractivity contribution is 0.0656. The summed E-state index contributed by atoms with van der Waals surface area (Å²) < 4.78 is 37.4. The SMILES string of the molecule is COc1ccc(S(=O)(=O)N2CCN(C(=O)c3nnc(C)o3)CC2)c(C)c1. The molecule has 1 fully saturated rings. The lowest BCUT2D eigenvalue weighted by atomic mass is 10.2. The van der Waals surface area contributed by atoms with E-state index >= 15 is 0 Å². The molecule has 0 N–H and O–H groups in total. The summed E-state index contributed by atoms with van der Waals surface area (Å²) in [4.78, 5) is 14.1. The molecule has 140 valence electrons. The van der Waals surface area contributed by atoms with Crippen molar-refractivity contribution in [3.05, 3.63) is 35.5 Å². The zero-order chi connectivity index (χ0) is 18.9. The molecule has 1 saturated heterocycles. The minimum absolute atomic E-state index is 0.0789. The Morgan fingerprint density at radius 1 is 1.15 bits per heavy atom. The average Bonchev–Trinajstić information content (AvgIpc) is 3.07. The number of carbonyl (C=O) groups excluding carboxylic acids is 1. The molecule has 26 heavy (non-hydrogen) atoms. The van der Waals surface area contributed by atoms with Crippen molar-refractivity contribution in [3.63, 3.8) is 0 Å². The fourth-order valence-electron chi connectivity index (χ4n) is 2.83. The molecule has 0 saturated carbocycles. The maximum atomic E-state index is 12.9. The first kappa shape index (κ1) is 18.3. The quantitative estimate of drug-likeness (QED) is 0.774. The number of aryl methyl sites for hydroxylation is 2. The first-order chi connectivity index (χ1) is 12.3. The van der Waals surface area contributed by atoms with E-state index in [1.807, 2.05) is 0 Å². The highest BCUT2D eigenvalue weighted by atomic mass is 32.2. The number of methoxy groups -OCH3 is 1. The van der Waals surface area contributed by atoms with Crippen LogP contribution in [0.4, 0.5) is 0 Å². The van der Waals surface area contributed by atoms with Gasteiger partial charge in [-0.15, -0.1) is 10.2 Å². The van der Waals surface area contributed by atoms with Crippen LogP contribution in [0.15, 0.2) is 27.5 Å². The van der Waals surface area contributed by atoms with Gasteiger partial charge in [0.1, 0.15) is 5.75 Å². The average molecular weight is 380 g/mol. The molecular formula is C16H20N4O5S. The molecule has 1 aliphatic rings. The molecular weight excluding hydrogens is 360 g/mol. The van der Waals surface area contributed by atoms with Gasteiger partial charge in [-0.25, -0.2) is 8.42 Å². The summed E-state index contributed by atoms with van der Waals surface area (Å²) in [7, 11) is -2.11. The smallest absolute Gasteiger partial charge is 0.311 e. The number of piperazine rings is 1. The van der Waals surface area contributed by atoms with Gasteiger partial charge in [0.15, 0.2) is 0 Å². The van der Waals surface area contributed by atoms with Gasteiger partial charge in [-0.3, -0.25) is 4.79 Å². The normalized spacial score (nSPS) is 15.9. The van der Waals surface area contributed by atoms with E-state index < -0.39 is 10.0 Å². The van der Waals surface area contributed by atoms with Crippen molar-refractivity contribution in [2.75, 3.05) is 33.3 Å². The maximum absolute atomic E-state index is 12.9. The van der Waals surface area contributed by atoms with Crippen molar-refractivity contribution >= 4 is 15.9 Å². The van der Waals surface area contributed by atoms with E-state index in [1.165, 1.54) is 16.3 Å². The van der Waals surface area contributed by atoms with E-state index in [4.69, 9.17) is 9.15 Å². The third-order valence-electron chi connectivity index (χ3n) is 4.23. The summed E-state index contributed by atoms with van der Waals surface area (Å²) in [5, 5.41) is 7.35. The second kappa shape index (κ2) is 7.04. The monoisotopic (exact) mass is 380 g/mol. The van der Waals surface area contributed by atoms with E-state index in [0.29, 0.717) is 17.2 Å². The van der Waals surface area contributed by atoms with Crippen LogP contribution in [0.25, 0.3) is 0 Å². The van der Waals surface area contributed by atoms with Gasteiger partial charge in [0, 0.05) is 33.1 Å². The van der Waals surface area contributed by atoms with Crippen molar-refractivity contribution in [2.24, 2.45) is 0 Å². The van der Waals surface area contributed by atoms with Crippen molar-refractivity contribution in [1.82, 2.24) is 19.4 Å². The molecule has 1 aromatic heterocycles. The molecule has 0 bridgehead atoms. The van der Waals surface area contributed by atoms with Crippen LogP contribution in [0, 0.1) is 13.8 Å². The Hall–Kier alpha value is -2.46. The summed E-state index contributed by atoms with van der Waals surface area (Å²) >= 11 is 0. The van der Waals surface area contributed by atoms with Crippen molar-refractivity contribution in [2.45, 2.75) is 18.7 Å². The summed E-state index contributed by atoms with van der Waals surface area (Å²) in [5.74, 6) is 0.448. The van der Waals surface area contributed by atoms with Gasteiger partial charge in [-0.05, 0) is 30.7 Å². The molecule has 3 rings (SSSR count). The highest BCUT2D eigenvalue weighted by Gasteiger charge is 2.32. The minimum Gasteiger partial charge on any atom is -0.497 e. The van der Waals surface area contributed by atoms with E-state index in [0.717, 1.165) is 0 Å². The van der Waals surface area contributed by atoms with Gasteiger partial charge < -0.3 is 14.1 Å². The Morgan fingerprint density at radius 2 is 1.85 bits per heavy atom. The zero-order valence-corrected chi connectivity index (χ0v) is 15.6. The van der Waals surface area contributed by atoms with Gasteiger partial charge in [-0.1, -0.05) is 0 Å². The number of hydrogen-bond donors (Lipinski definition) is 0. The van der Waals surface area contributed by atoms with Gasteiger partial charge in [0.2, 0.25) is 15.9 Å². The predicted molar refractivity (Wildman–Crippen MR) is 91.4 cm³/mol. The first-order valence-electron chi connectivity index (χ1n) is 8.07. The van der Waals surface area contributed by atoms with Crippen LogP contribution in [0.2, 0.25) is 0 Å². The molecule has 0 atom stereocenters. The number of ether oxygens (including phenoxy) is 1. The minimum atomic E-state index is -3.64. The lowest BCUT2D eigenvalue weighted by Crippen LogP contribution is -2.50. The van der Waals surface area contributed by atoms with Crippen molar-refractivity contribution < 1.29 is 22.4 Å². The van der Waals surface area contributed by atoms with Crippen LogP contribution >= 0.6 is 0 Å². The van der Waals surface area contributed by atoms with Crippen molar-refractivity contribution in [1.29, 1.82) is 0 Å². The molecule has 0 unspecified atom stereocenters. The molecule has 1 aliphatic heterocycles. The third kappa shape index (κ3) is 3.42. The number of aromatic nitrogens is 2. The number of sulfonamides is 1. The summed E-state index contributed by atoms with van der Waals surface area (Å²) in [6.07, 6.45) is 0. The second-order valence-electron chi connectivity index (χ2n) is 5.95. The Morgan fingerprint density at radius 3 is 2.38 bits per heavy atom. The number of rotatable bonds is 4. The Balaban J connectivity index is 1.72. The van der Waals surface area contributed by atoms with E-state index in [2.05, 4.69) is 10.2 Å². The van der Waals surface area contributed by atoms with E-state index in [1.54, 1.807) is 32.0 Å². The molecule has 0 spiro atoms. The van der Waals surface area contributed by atoms with Crippen LogP contribution in [0.5, 0.6) is 5.75 Å². The largest absolute Gasteiger partial charge is 0.497 e. The predicted octanol–water partition coefficient (Wildman–Crippen LogP) is 0.842. The third-order valence-corrected chi connectivity index (χ3v) is 6.29. The number of hydrogen-bond acceptors (Lipinski definition) is 7. The highest BCUT2D eigenvalue weighted by Crippen LogP contribution is 2.25. The van der Waals surface area contributed by atoms with Gasteiger partial charge >= 0.3 is 11.8 Å². The van der Waals surface area contributed by atoms with Gasteiger partial charge in [0.05, 0.1) is 12.0 Å². The molecule has 9 nitrogen and oxygen atoms in total. The number of nitrogens with zero attached hydrogens (tertiary/aromatic N) is 4. The first-order valence-corrected chi connectivity index (χ1v) is 9.51. The molecule has 1 amide bonds. The Labute approximate surface area is 151 Å². The van der Waals surface area contributed by atoms with Gasteiger partial charge in [-0.2, -0.15) is 4.31 Å². The molecule has 0 aliphatic carbocycles. The maximum Gasteiger partial charge on any atom is 0.311 e. The fourth-order valence-corrected chi connectivity index (χ4v) is 4.46. The Kier molecular flexibility index (Phi) is 4.97. The van der Waals surface area contributed by atoms with E-state index in [-0.39, 0.29) is 42.9 Å². The molecule has 2 heterocycles. The number of amides is 1.